The first-order valence-corrected chi connectivity index (χ1v) is 5.08. The monoisotopic (exact) mass is 198 g/mol. The second-order valence-corrected chi connectivity index (χ2v) is 2.76. The van der Waals surface area contributed by atoms with Crippen LogP contribution in [0.2, 0.25) is 0 Å². The van der Waals surface area contributed by atoms with Crippen molar-refractivity contribution in [3.63, 3.8) is 0 Å². The first-order chi connectivity index (χ1) is 6.68. The van der Waals surface area contributed by atoms with Crippen LogP contribution in [-0.4, -0.2) is 12.6 Å². The van der Waals surface area contributed by atoms with Gasteiger partial charge >= 0.3 is 5.97 Å². The number of unbranched alkanes of at least 4 members (excludes halogenated alkanes) is 1. The summed E-state index contributed by atoms with van der Waals surface area (Å²) in [6.45, 7) is 9.53. The van der Waals surface area contributed by atoms with Gasteiger partial charge in [0.25, 0.3) is 0 Å². The van der Waals surface area contributed by atoms with E-state index < -0.39 is 0 Å². The van der Waals surface area contributed by atoms with Gasteiger partial charge in [-0.25, -0.2) is 0 Å². The maximum atomic E-state index is 10.2. The zero-order valence-corrected chi connectivity index (χ0v) is 9.58. The summed E-state index contributed by atoms with van der Waals surface area (Å²) in [5.41, 5.74) is 0. The third kappa shape index (κ3) is 22.4. The van der Waals surface area contributed by atoms with Crippen LogP contribution in [0.15, 0.2) is 24.8 Å². The van der Waals surface area contributed by atoms with Gasteiger partial charge in [0.15, 0.2) is 0 Å². The molecule has 82 valence electrons. The minimum absolute atomic E-state index is 0.226. The van der Waals surface area contributed by atoms with Gasteiger partial charge in [-0.3, -0.25) is 4.79 Å². The molecule has 0 aromatic heterocycles. The van der Waals surface area contributed by atoms with Crippen LogP contribution >= 0.6 is 0 Å². The van der Waals surface area contributed by atoms with Crippen LogP contribution in [0.1, 0.15) is 40.0 Å². The standard InChI is InChI=1S/C7H12O2.C5H10/c1-3-4-5-6-9-7(2)8;1-3-5-4-2/h4-5H,3,6H2,1-2H3;3H,1,4-5H2,2H3/b5-4-;. The Kier molecular flexibility index (Phi) is 15.9. The van der Waals surface area contributed by atoms with Crippen molar-refractivity contribution in [1.82, 2.24) is 0 Å². The topological polar surface area (TPSA) is 26.3 Å². The van der Waals surface area contributed by atoms with Crippen LogP contribution in [0.25, 0.3) is 0 Å². The Hall–Kier alpha value is -1.05. The maximum Gasteiger partial charge on any atom is 0.302 e. The van der Waals surface area contributed by atoms with Crippen LogP contribution in [0.4, 0.5) is 0 Å². The van der Waals surface area contributed by atoms with Gasteiger partial charge in [0.1, 0.15) is 6.61 Å². The summed E-state index contributed by atoms with van der Waals surface area (Å²) >= 11 is 0. The van der Waals surface area contributed by atoms with Gasteiger partial charge in [0.2, 0.25) is 0 Å². The van der Waals surface area contributed by atoms with E-state index in [0.717, 1.165) is 12.8 Å². The number of hydrogen-bond donors (Lipinski definition) is 0. The lowest BCUT2D eigenvalue weighted by molar-refractivity contribution is -0.139. The molecule has 0 aliphatic rings. The number of allylic oxidation sites excluding steroid dienone is 2. The molecule has 0 bridgehead atoms. The van der Waals surface area contributed by atoms with Crippen molar-refractivity contribution in [2.75, 3.05) is 6.61 Å². The van der Waals surface area contributed by atoms with E-state index in [1.165, 1.54) is 13.3 Å². The second kappa shape index (κ2) is 14.5. The molecular weight excluding hydrogens is 176 g/mol. The molecule has 0 heterocycles. The van der Waals surface area contributed by atoms with Crippen LogP contribution < -0.4 is 0 Å². The van der Waals surface area contributed by atoms with E-state index in [1.807, 2.05) is 25.2 Å². The number of esters is 1. The van der Waals surface area contributed by atoms with Gasteiger partial charge < -0.3 is 4.74 Å². The van der Waals surface area contributed by atoms with Crippen molar-refractivity contribution in [3.8, 4) is 0 Å². The lowest BCUT2D eigenvalue weighted by Gasteiger charge is -1.92. The lowest BCUT2D eigenvalue weighted by atomic mass is 10.3. The average Bonchev–Trinajstić information content (AvgIpc) is 2.15. The van der Waals surface area contributed by atoms with Crippen molar-refractivity contribution in [3.05, 3.63) is 24.8 Å². The molecular formula is C12H22O2. The van der Waals surface area contributed by atoms with Crippen molar-refractivity contribution in [1.29, 1.82) is 0 Å². The zero-order chi connectivity index (χ0) is 11.2. The normalized spacial score (nSPS) is 9.07. The molecule has 0 amide bonds. The molecule has 0 aromatic carbocycles. The van der Waals surface area contributed by atoms with Gasteiger partial charge in [-0.2, -0.15) is 0 Å². The highest BCUT2D eigenvalue weighted by atomic mass is 16.5. The number of hydrogen-bond acceptors (Lipinski definition) is 2. The number of rotatable bonds is 5. The van der Waals surface area contributed by atoms with Crippen molar-refractivity contribution >= 4 is 5.97 Å². The van der Waals surface area contributed by atoms with Crippen LogP contribution in [0.5, 0.6) is 0 Å². The fraction of sp³-hybridized carbons (Fsp3) is 0.583. The van der Waals surface area contributed by atoms with Crippen molar-refractivity contribution in [2.24, 2.45) is 0 Å². The highest BCUT2D eigenvalue weighted by Crippen LogP contribution is 1.82. The molecule has 0 aliphatic heterocycles. The van der Waals surface area contributed by atoms with Gasteiger partial charge in [0.05, 0.1) is 0 Å². The van der Waals surface area contributed by atoms with Crippen LogP contribution in [-0.2, 0) is 9.53 Å². The van der Waals surface area contributed by atoms with Crippen molar-refractivity contribution in [2.45, 2.75) is 40.0 Å². The summed E-state index contributed by atoms with van der Waals surface area (Å²) in [4.78, 5) is 10.2. The molecule has 0 rings (SSSR count). The van der Waals surface area contributed by atoms with E-state index >= 15 is 0 Å². The minimum Gasteiger partial charge on any atom is -0.462 e. The molecule has 0 radical (unpaired) electrons. The highest BCUT2D eigenvalue weighted by molar-refractivity contribution is 5.65. The molecule has 0 N–H and O–H groups in total. The third-order valence-corrected chi connectivity index (χ3v) is 1.28. The Morgan fingerprint density at radius 2 is 2.00 bits per heavy atom. The molecule has 0 atom stereocenters. The fourth-order valence-corrected chi connectivity index (χ4v) is 0.604. The van der Waals surface area contributed by atoms with Crippen LogP contribution in [0, 0.1) is 0 Å². The predicted octanol–water partition coefficient (Wildman–Crippen LogP) is 3.49. The summed E-state index contributed by atoms with van der Waals surface area (Å²) < 4.78 is 4.62. The average molecular weight is 198 g/mol. The molecule has 0 spiro atoms. The van der Waals surface area contributed by atoms with E-state index in [9.17, 15) is 4.79 Å². The lowest BCUT2D eigenvalue weighted by Crippen LogP contribution is -1.96. The molecule has 0 saturated carbocycles. The highest BCUT2D eigenvalue weighted by Gasteiger charge is 1.84. The number of carbonyl (C=O) groups is 1. The molecule has 0 aliphatic carbocycles. The second-order valence-electron chi connectivity index (χ2n) is 2.76. The van der Waals surface area contributed by atoms with E-state index in [-0.39, 0.29) is 5.97 Å². The molecule has 0 unspecified atom stereocenters. The van der Waals surface area contributed by atoms with Gasteiger partial charge in [0, 0.05) is 6.92 Å². The Morgan fingerprint density at radius 1 is 1.36 bits per heavy atom. The molecule has 14 heavy (non-hydrogen) atoms. The van der Waals surface area contributed by atoms with Crippen LogP contribution in [0.3, 0.4) is 0 Å². The summed E-state index contributed by atoms with van der Waals surface area (Å²) in [5.74, 6) is -0.226. The predicted molar refractivity (Wildman–Crippen MR) is 61.2 cm³/mol. The first kappa shape index (κ1) is 15.4. The Balaban J connectivity index is 0. The smallest absolute Gasteiger partial charge is 0.302 e. The minimum atomic E-state index is -0.226. The van der Waals surface area contributed by atoms with Gasteiger partial charge in [-0.05, 0) is 12.8 Å². The molecule has 0 aromatic rings. The quantitative estimate of drug-likeness (QED) is 0.499. The molecule has 0 saturated heterocycles. The number of ether oxygens (including phenoxy) is 1. The van der Waals surface area contributed by atoms with Gasteiger partial charge in [-0.1, -0.05) is 38.5 Å². The summed E-state index contributed by atoms with van der Waals surface area (Å²) in [6, 6.07) is 0. The fourth-order valence-electron chi connectivity index (χ4n) is 0.604. The summed E-state index contributed by atoms with van der Waals surface area (Å²) in [5, 5.41) is 0. The SMILES string of the molecule is C=CCCC.CC/C=C\COC(C)=O. The molecule has 0 fully saturated rings. The Labute approximate surface area is 87.7 Å². The van der Waals surface area contributed by atoms with E-state index in [1.54, 1.807) is 0 Å². The third-order valence-electron chi connectivity index (χ3n) is 1.28. The largest absolute Gasteiger partial charge is 0.462 e. The van der Waals surface area contributed by atoms with E-state index in [0.29, 0.717) is 6.61 Å². The van der Waals surface area contributed by atoms with Crippen molar-refractivity contribution < 1.29 is 9.53 Å². The zero-order valence-electron chi connectivity index (χ0n) is 9.58. The van der Waals surface area contributed by atoms with Gasteiger partial charge in [-0.15, -0.1) is 6.58 Å². The molecule has 2 nitrogen and oxygen atoms in total. The Morgan fingerprint density at radius 3 is 2.29 bits per heavy atom. The summed E-state index contributed by atoms with van der Waals surface area (Å²) in [7, 11) is 0. The summed E-state index contributed by atoms with van der Waals surface area (Å²) in [6.07, 6.45) is 9.09. The van der Waals surface area contributed by atoms with E-state index in [2.05, 4.69) is 18.2 Å². The van der Waals surface area contributed by atoms with E-state index in [4.69, 9.17) is 0 Å². The first-order valence-electron chi connectivity index (χ1n) is 5.08. The Bertz CT molecular complexity index is 160. The number of carbonyl (C=O) groups excluding carboxylic acids is 1. The maximum absolute atomic E-state index is 10.2. The molecule has 2 heteroatoms.